The second kappa shape index (κ2) is 9.27. The third kappa shape index (κ3) is 5.94. The Hall–Kier alpha value is -2.59. The first-order chi connectivity index (χ1) is 13.6. The molecule has 10 heteroatoms. The van der Waals surface area contributed by atoms with E-state index in [1.54, 1.807) is 13.8 Å². The molecule has 0 aromatic heterocycles. The average Bonchev–Trinajstić information content (AvgIpc) is 2.67. The zero-order chi connectivity index (χ0) is 21.7. The lowest BCUT2D eigenvalue weighted by Gasteiger charge is -2.18. The number of hydrogen-bond donors (Lipinski definition) is 1. The quantitative estimate of drug-likeness (QED) is 0.692. The third-order valence-corrected chi connectivity index (χ3v) is 6.10. The molecular formula is C19H21F3N2O4S. The van der Waals surface area contributed by atoms with Crippen LogP contribution in [0.4, 0.5) is 18.9 Å². The van der Waals surface area contributed by atoms with Crippen molar-refractivity contribution in [2.24, 2.45) is 0 Å². The fourth-order valence-electron chi connectivity index (χ4n) is 2.51. The Labute approximate surface area is 167 Å². The van der Waals surface area contributed by atoms with Crippen LogP contribution in [0.25, 0.3) is 0 Å². The van der Waals surface area contributed by atoms with Crippen LogP contribution in [-0.2, 0) is 21.0 Å². The number of rotatable bonds is 8. The topological polar surface area (TPSA) is 75.7 Å². The fourth-order valence-corrected chi connectivity index (χ4v) is 3.97. The molecule has 0 spiro atoms. The molecule has 1 N–H and O–H groups in total. The number of amides is 1. The number of anilines is 1. The Bertz CT molecular complexity index is 923. The molecule has 0 atom stereocenters. The third-order valence-electron chi connectivity index (χ3n) is 4.03. The van der Waals surface area contributed by atoms with Crippen molar-refractivity contribution in [3.05, 3.63) is 54.1 Å². The van der Waals surface area contributed by atoms with Gasteiger partial charge in [-0.05, 0) is 48.5 Å². The molecule has 0 unspecified atom stereocenters. The van der Waals surface area contributed by atoms with Gasteiger partial charge in [-0.15, -0.1) is 0 Å². The number of carbonyl (C=O) groups is 1. The van der Waals surface area contributed by atoms with Gasteiger partial charge in [0.25, 0.3) is 5.91 Å². The summed E-state index contributed by atoms with van der Waals surface area (Å²) in [6.07, 6.45) is -4.45. The van der Waals surface area contributed by atoms with Crippen LogP contribution >= 0.6 is 0 Å². The minimum Gasteiger partial charge on any atom is -0.484 e. The molecule has 0 radical (unpaired) electrons. The molecule has 0 aliphatic rings. The Morgan fingerprint density at radius 3 is 2.03 bits per heavy atom. The zero-order valence-electron chi connectivity index (χ0n) is 15.9. The van der Waals surface area contributed by atoms with Crippen molar-refractivity contribution in [1.29, 1.82) is 0 Å². The van der Waals surface area contributed by atoms with Gasteiger partial charge in [-0.25, -0.2) is 8.42 Å². The Morgan fingerprint density at radius 1 is 1.00 bits per heavy atom. The van der Waals surface area contributed by atoms with Gasteiger partial charge < -0.3 is 10.1 Å². The van der Waals surface area contributed by atoms with E-state index in [4.69, 9.17) is 4.74 Å². The van der Waals surface area contributed by atoms with E-state index in [-0.39, 0.29) is 22.9 Å². The highest BCUT2D eigenvalue weighted by Crippen LogP contribution is 2.29. The van der Waals surface area contributed by atoms with Crippen molar-refractivity contribution < 1.29 is 31.1 Å². The largest absolute Gasteiger partial charge is 0.484 e. The van der Waals surface area contributed by atoms with Crippen LogP contribution in [0.3, 0.4) is 0 Å². The summed E-state index contributed by atoms with van der Waals surface area (Å²) in [4.78, 5) is 12.0. The van der Waals surface area contributed by atoms with Crippen LogP contribution in [0.5, 0.6) is 5.75 Å². The molecular weight excluding hydrogens is 409 g/mol. The number of carbonyl (C=O) groups excluding carboxylic acids is 1. The van der Waals surface area contributed by atoms with Crippen LogP contribution < -0.4 is 10.1 Å². The van der Waals surface area contributed by atoms with Gasteiger partial charge in [-0.3, -0.25) is 4.79 Å². The molecule has 0 aliphatic heterocycles. The minimum absolute atomic E-state index is 0.114. The lowest BCUT2D eigenvalue weighted by Crippen LogP contribution is -2.30. The number of alkyl halides is 3. The SMILES string of the molecule is CCN(CC)S(=O)(=O)c1ccc(OCC(=O)Nc2ccc(C(F)(F)F)cc2)cc1. The normalized spacial score (nSPS) is 12.1. The summed E-state index contributed by atoms with van der Waals surface area (Å²) in [5.74, 6) is -0.282. The van der Waals surface area contributed by atoms with Crippen LogP contribution in [0.15, 0.2) is 53.4 Å². The molecule has 6 nitrogen and oxygen atoms in total. The average molecular weight is 430 g/mol. The van der Waals surface area contributed by atoms with Crippen LogP contribution in [0.2, 0.25) is 0 Å². The second-order valence-corrected chi connectivity index (χ2v) is 7.91. The van der Waals surface area contributed by atoms with Gasteiger partial charge >= 0.3 is 6.18 Å². The van der Waals surface area contributed by atoms with E-state index in [1.165, 1.54) is 28.6 Å². The maximum Gasteiger partial charge on any atom is 0.416 e. The van der Waals surface area contributed by atoms with Gasteiger partial charge in [-0.1, -0.05) is 13.8 Å². The maximum absolute atomic E-state index is 12.5. The summed E-state index contributed by atoms with van der Waals surface area (Å²) in [5, 5.41) is 2.42. The number of ether oxygens (including phenoxy) is 1. The molecule has 0 bridgehead atoms. The van der Waals surface area contributed by atoms with E-state index in [0.717, 1.165) is 24.3 Å². The minimum atomic E-state index is -4.45. The fraction of sp³-hybridized carbons (Fsp3) is 0.316. The maximum atomic E-state index is 12.5. The summed E-state index contributed by atoms with van der Waals surface area (Å²) in [7, 11) is -3.59. The van der Waals surface area contributed by atoms with E-state index < -0.39 is 27.7 Å². The monoisotopic (exact) mass is 430 g/mol. The molecule has 0 aliphatic carbocycles. The first-order valence-corrected chi connectivity index (χ1v) is 10.2. The number of halogens is 3. The Kier molecular flexibility index (Phi) is 7.26. The molecule has 29 heavy (non-hydrogen) atoms. The van der Waals surface area contributed by atoms with Crippen molar-refractivity contribution in [2.75, 3.05) is 25.0 Å². The molecule has 0 saturated heterocycles. The van der Waals surface area contributed by atoms with E-state index >= 15 is 0 Å². The number of nitrogens with zero attached hydrogens (tertiary/aromatic N) is 1. The lowest BCUT2D eigenvalue weighted by molar-refractivity contribution is -0.137. The van der Waals surface area contributed by atoms with Crippen LogP contribution in [0, 0.1) is 0 Å². The van der Waals surface area contributed by atoms with Gasteiger partial charge in [0.1, 0.15) is 5.75 Å². The molecule has 2 rings (SSSR count). The summed E-state index contributed by atoms with van der Waals surface area (Å²) < 4.78 is 69.0. The van der Waals surface area contributed by atoms with Crippen molar-refractivity contribution in [2.45, 2.75) is 24.9 Å². The summed E-state index contributed by atoms with van der Waals surface area (Å²) in [6, 6.07) is 9.66. The van der Waals surface area contributed by atoms with Crippen molar-refractivity contribution in [1.82, 2.24) is 4.31 Å². The highest BCUT2D eigenvalue weighted by molar-refractivity contribution is 7.89. The standard InChI is InChI=1S/C19H21F3N2O4S/c1-3-24(4-2)29(26,27)17-11-9-16(10-12-17)28-13-18(25)23-15-7-5-14(6-8-15)19(20,21)22/h5-12H,3-4,13H2,1-2H3,(H,23,25). The molecule has 1 amide bonds. The predicted octanol–water partition coefficient (Wildman–Crippen LogP) is 3.75. The zero-order valence-corrected chi connectivity index (χ0v) is 16.7. The van der Waals surface area contributed by atoms with Gasteiger partial charge in [0, 0.05) is 18.8 Å². The molecule has 0 fully saturated rings. The first kappa shape index (κ1) is 22.7. The number of nitrogens with one attached hydrogen (secondary N) is 1. The van der Waals surface area contributed by atoms with Gasteiger partial charge in [0.15, 0.2) is 6.61 Å². The molecule has 158 valence electrons. The Balaban J connectivity index is 1.94. The van der Waals surface area contributed by atoms with E-state index in [0.29, 0.717) is 13.1 Å². The summed E-state index contributed by atoms with van der Waals surface area (Å²) in [5.41, 5.74) is -0.612. The number of sulfonamides is 1. The molecule has 0 heterocycles. The number of benzene rings is 2. The van der Waals surface area contributed by atoms with Crippen LogP contribution in [-0.4, -0.2) is 38.3 Å². The van der Waals surface area contributed by atoms with Gasteiger partial charge in [-0.2, -0.15) is 17.5 Å². The first-order valence-electron chi connectivity index (χ1n) is 8.78. The van der Waals surface area contributed by atoms with Crippen molar-refractivity contribution in [3.8, 4) is 5.75 Å². The lowest BCUT2D eigenvalue weighted by atomic mass is 10.2. The predicted molar refractivity (Wildman–Crippen MR) is 102 cm³/mol. The van der Waals surface area contributed by atoms with Crippen molar-refractivity contribution >= 4 is 21.6 Å². The molecule has 0 saturated carbocycles. The number of hydrogen-bond acceptors (Lipinski definition) is 4. The van der Waals surface area contributed by atoms with Crippen LogP contribution in [0.1, 0.15) is 19.4 Å². The summed E-state index contributed by atoms with van der Waals surface area (Å²) in [6.45, 7) is 3.80. The van der Waals surface area contributed by atoms with E-state index in [1.807, 2.05) is 0 Å². The van der Waals surface area contributed by atoms with E-state index in [9.17, 15) is 26.4 Å². The van der Waals surface area contributed by atoms with Crippen molar-refractivity contribution in [3.63, 3.8) is 0 Å². The van der Waals surface area contributed by atoms with E-state index in [2.05, 4.69) is 5.32 Å². The van der Waals surface area contributed by atoms with Gasteiger partial charge in [0.2, 0.25) is 10.0 Å². The highest BCUT2D eigenvalue weighted by atomic mass is 32.2. The Morgan fingerprint density at radius 2 is 1.55 bits per heavy atom. The molecule has 2 aromatic rings. The highest BCUT2D eigenvalue weighted by Gasteiger charge is 2.30. The van der Waals surface area contributed by atoms with Gasteiger partial charge in [0.05, 0.1) is 10.5 Å². The smallest absolute Gasteiger partial charge is 0.416 e. The second-order valence-electron chi connectivity index (χ2n) is 5.97. The summed E-state index contributed by atoms with van der Waals surface area (Å²) >= 11 is 0. The molecule has 2 aromatic carbocycles.